The summed E-state index contributed by atoms with van der Waals surface area (Å²) in [5.74, 6) is -1.36. The largest absolute Gasteiger partial charge is 0.506 e. The number of ether oxygens (including phenoxy) is 1. The number of hydrogen-bond donors (Lipinski definition) is 2. The Bertz CT molecular complexity index is 746. The average Bonchev–Trinajstić information content (AvgIpc) is 2.48. The van der Waals surface area contributed by atoms with Gasteiger partial charge in [0.1, 0.15) is 5.75 Å². The van der Waals surface area contributed by atoms with Crippen molar-refractivity contribution in [1.82, 2.24) is 0 Å². The van der Waals surface area contributed by atoms with Gasteiger partial charge in [-0.25, -0.2) is 4.79 Å². The molecular weight excluding hydrogens is 329 g/mol. The van der Waals surface area contributed by atoms with Crippen LogP contribution >= 0.6 is 23.2 Å². The normalized spacial score (nSPS) is 10.1. The number of methoxy groups -OCH3 is 1. The fourth-order valence-corrected chi connectivity index (χ4v) is 2.24. The lowest BCUT2D eigenvalue weighted by atomic mass is 10.1. The van der Waals surface area contributed by atoms with Crippen LogP contribution < -0.4 is 5.32 Å². The zero-order chi connectivity index (χ0) is 16.3. The van der Waals surface area contributed by atoms with Crippen molar-refractivity contribution in [2.24, 2.45) is 0 Å². The first kappa shape index (κ1) is 16.1. The molecule has 0 aliphatic heterocycles. The van der Waals surface area contributed by atoms with E-state index in [9.17, 15) is 14.7 Å². The molecule has 0 spiro atoms. The molecule has 0 radical (unpaired) electrons. The molecule has 0 heterocycles. The van der Waals surface area contributed by atoms with Crippen molar-refractivity contribution in [1.29, 1.82) is 0 Å². The van der Waals surface area contributed by atoms with E-state index in [2.05, 4.69) is 10.1 Å². The van der Waals surface area contributed by atoms with Gasteiger partial charge >= 0.3 is 5.97 Å². The van der Waals surface area contributed by atoms with Crippen molar-refractivity contribution in [3.63, 3.8) is 0 Å². The molecule has 0 unspecified atom stereocenters. The van der Waals surface area contributed by atoms with Crippen LogP contribution in [0.4, 0.5) is 5.69 Å². The van der Waals surface area contributed by atoms with Crippen LogP contribution in [-0.2, 0) is 4.74 Å². The molecule has 114 valence electrons. The molecule has 0 saturated heterocycles. The number of amides is 1. The third-order valence-electron chi connectivity index (χ3n) is 2.84. The molecule has 0 atom stereocenters. The van der Waals surface area contributed by atoms with Gasteiger partial charge < -0.3 is 15.2 Å². The van der Waals surface area contributed by atoms with E-state index >= 15 is 0 Å². The first-order chi connectivity index (χ1) is 10.4. The molecule has 2 rings (SSSR count). The van der Waals surface area contributed by atoms with Crippen molar-refractivity contribution >= 4 is 40.8 Å². The number of phenols is 1. The number of rotatable bonds is 3. The van der Waals surface area contributed by atoms with E-state index in [0.29, 0.717) is 5.02 Å². The Morgan fingerprint density at radius 3 is 2.45 bits per heavy atom. The summed E-state index contributed by atoms with van der Waals surface area (Å²) < 4.78 is 4.54. The second kappa shape index (κ2) is 6.68. The predicted octanol–water partition coefficient (Wildman–Crippen LogP) is 3.74. The molecule has 0 bridgehead atoms. The lowest BCUT2D eigenvalue weighted by Crippen LogP contribution is -2.13. The number of halogens is 2. The number of carbonyl (C=O) groups is 2. The van der Waals surface area contributed by atoms with E-state index < -0.39 is 11.9 Å². The fraction of sp³-hybridized carbons (Fsp3) is 0.0667. The van der Waals surface area contributed by atoms with Gasteiger partial charge in [0.25, 0.3) is 5.91 Å². The maximum atomic E-state index is 12.1. The average molecular weight is 340 g/mol. The maximum absolute atomic E-state index is 12.1. The van der Waals surface area contributed by atoms with E-state index in [1.165, 1.54) is 43.5 Å². The number of phenolic OH excluding ortho intramolecular Hbond substituents is 1. The summed E-state index contributed by atoms with van der Waals surface area (Å²) in [6.07, 6.45) is 0. The topological polar surface area (TPSA) is 75.6 Å². The highest BCUT2D eigenvalue weighted by Gasteiger charge is 2.14. The van der Waals surface area contributed by atoms with Crippen LogP contribution in [0.1, 0.15) is 20.7 Å². The summed E-state index contributed by atoms with van der Waals surface area (Å²) in [7, 11) is 1.23. The van der Waals surface area contributed by atoms with E-state index in [0.717, 1.165) is 0 Å². The smallest absolute Gasteiger partial charge is 0.337 e. The minimum atomic E-state index is -0.589. The van der Waals surface area contributed by atoms with Crippen LogP contribution in [-0.4, -0.2) is 24.1 Å². The Morgan fingerprint density at radius 1 is 1.14 bits per heavy atom. The molecule has 2 aromatic carbocycles. The van der Waals surface area contributed by atoms with Gasteiger partial charge in [0.05, 0.1) is 28.9 Å². The zero-order valence-corrected chi connectivity index (χ0v) is 12.9. The number of benzene rings is 2. The van der Waals surface area contributed by atoms with Crippen molar-refractivity contribution in [2.75, 3.05) is 12.4 Å². The van der Waals surface area contributed by atoms with E-state index in [1.54, 1.807) is 0 Å². The molecule has 0 saturated carbocycles. The van der Waals surface area contributed by atoms with Crippen molar-refractivity contribution in [3.8, 4) is 5.75 Å². The van der Waals surface area contributed by atoms with Crippen LogP contribution in [0.25, 0.3) is 0 Å². The van der Waals surface area contributed by atoms with E-state index in [4.69, 9.17) is 23.2 Å². The lowest BCUT2D eigenvalue weighted by molar-refractivity contribution is 0.0600. The lowest BCUT2D eigenvalue weighted by Gasteiger charge is -2.09. The molecule has 0 aliphatic carbocycles. The SMILES string of the molecule is COC(=O)c1ccc(NC(=O)c2ccc(Cl)cc2Cl)c(O)c1. The summed E-state index contributed by atoms with van der Waals surface area (Å²) in [6, 6.07) is 8.46. The Hall–Kier alpha value is -2.24. The third-order valence-corrected chi connectivity index (χ3v) is 3.39. The molecule has 22 heavy (non-hydrogen) atoms. The standard InChI is InChI=1S/C15H11Cl2NO4/c1-22-15(21)8-2-5-12(13(19)6-8)18-14(20)10-4-3-9(16)7-11(10)17/h2-7,19H,1H3,(H,18,20). The predicted molar refractivity (Wildman–Crippen MR) is 83.9 cm³/mol. The van der Waals surface area contributed by atoms with Crippen molar-refractivity contribution < 1.29 is 19.4 Å². The number of esters is 1. The van der Waals surface area contributed by atoms with Gasteiger partial charge in [-0.15, -0.1) is 0 Å². The second-order valence-corrected chi connectivity index (χ2v) is 5.15. The van der Waals surface area contributed by atoms with Crippen LogP contribution in [0.15, 0.2) is 36.4 Å². The molecule has 1 amide bonds. The summed E-state index contributed by atoms with van der Waals surface area (Å²) in [5, 5.41) is 13.0. The second-order valence-electron chi connectivity index (χ2n) is 4.30. The Labute approximate surface area is 136 Å². The number of hydrogen-bond acceptors (Lipinski definition) is 4. The quantitative estimate of drug-likeness (QED) is 0.659. The van der Waals surface area contributed by atoms with Gasteiger partial charge in [-0.05, 0) is 36.4 Å². The van der Waals surface area contributed by atoms with E-state index in [1.807, 2.05) is 0 Å². The number of anilines is 1. The van der Waals surface area contributed by atoms with Gasteiger partial charge in [-0.2, -0.15) is 0 Å². The number of carbonyl (C=O) groups excluding carboxylic acids is 2. The Kier molecular flexibility index (Phi) is 4.90. The molecule has 5 nitrogen and oxygen atoms in total. The molecule has 0 aliphatic rings. The summed E-state index contributed by atoms with van der Waals surface area (Å²) >= 11 is 11.7. The molecule has 0 fully saturated rings. The van der Waals surface area contributed by atoms with Crippen LogP contribution in [0.5, 0.6) is 5.75 Å². The van der Waals surface area contributed by atoms with Crippen LogP contribution in [0.2, 0.25) is 10.0 Å². The van der Waals surface area contributed by atoms with Gasteiger partial charge in [0, 0.05) is 5.02 Å². The zero-order valence-electron chi connectivity index (χ0n) is 11.4. The highest BCUT2D eigenvalue weighted by Crippen LogP contribution is 2.27. The molecule has 2 aromatic rings. The minimum Gasteiger partial charge on any atom is -0.506 e. The number of aromatic hydroxyl groups is 1. The molecule has 2 N–H and O–H groups in total. The fourth-order valence-electron chi connectivity index (χ4n) is 1.75. The highest BCUT2D eigenvalue weighted by molar-refractivity contribution is 6.37. The van der Waals surface area contributed by atoms with Gasteiger partial charge in [-0.3, -0.25) is 4.79 Å². The Balaban J connectivity index is 2.23. The summed E-state index contributed by atoms with van der Waals surface area (Å²) in [5.41, 5.74) is 0.522. The Morgan fingerprint density at radius 2 is 1.86 bits per heavy atom. The van der Waals surface area contributed by atoms with Gasteiger partial charge in [0.2, 0.25) is 0 Å². The van der Waals surface area contributed by atoms with Gasteiger partial charge in [-0.1, -0.05) is 23.2 Å². The summed E-state index contributed by atoms with van der Waals surface area (Å²) in [4.78, 5) is 23.5. The third kappa shape index (κ3) is 3.50. The first-order valence-corrected chi connectivity index (χ1v) is 6.85. The van der Waals surface area contributed by atoms with Crippen molar-refractivity contribution in [3.05, 3.63) is 57.6 Å². The van der Waals surface area contributed by atoms with Crippen LogP contribution in [0, 0.1) is 0 Å². The maximum Gasteiger partial charge on any atom is 0.337 e. The van der Waals surface area contributed by atoms with Crippen molar-refractivity contribution in [2.45, 2.75) is 0 Å². The molecule has 0 aromatic heterocycles. The first-order valence-electron chi connectivity index (χ1n) is 6.10. The molecule has 7 heteroatoms. The minimum absolute atomic E-state index is 0.142. The molecular formula is C15H11Cl2NO4. The van der Waals surface area contributed by atoms with Gasteiger partial charge in [0.15, 0.2) is 0 Å². The monoisotopic (exact) mass is 339 g/mol. The van der Waals surface area contributed by atoms with E-state index in [-0.39, 0.29) is 27.6 Å². The van der Waals surface area contributed by atoms with Crippen LogP contribution in [0.3, 0.4) is 0 Å². The number of nitrogens with one attached hydrogen (secondary N) is 1. The highest BCUT2D eigenvalue weighted by atomic mass is 35.5. The summed E-state index contributed by atoms with van der Waals surface area (Å²) in [6.45, 7) is 0.